The molecule has 0 bridgehead atoms. The lowest BCUT2D eigenvalue weighted by Gasteiger charge is -2.14. The molecule has 2 rings (SSSR count). The van der Waals surface area contributed by atoms with Crippen LogP contribution in [0.15, 0.2) is 18.2 Å². The molecular formula is C11H11F3N2S. The summed E-state index contributed by atoms with van der Waals surface area (Å²) >= 11 is 4.66. The van der Waals surface area contributed by atoms with Crippen LogP contribution in [0.3, 0.4) is 0 Å². The van der Waals surface area contributed by atoms with Crippen molar-refractivity contribution in [1.29, 1.82) is 0 Å². The van der Waals surface area contributed by atoms with E-state index in [-0.39, 0.29) is 10.6 Å². The van der Waals surface area contributed by atoms with Crippen molar-refractivity contribution in [3.05, 3.63) is 29.3 Å². The second-order valence-corrected chi connectivity index (χ2v) is 4.48. The van der Waals surface area contributed by atoms with Gasteiger partial charge in [0, 0.05) is 17.3 Å². The first kappa shape index (κ1) is 12.2. The van der Waals surface area contributed by atoms with E-state index in [9.17, 15) is 13.2 Å². The number of alkyl halides is 3. The summed E-state index contributed by atoms with van der Waals surface area (Å²) < 4.78 is 38.0. The van der Waals surface area contributed by atoms with Gasteiger partial charge in [0.05, 0.1) is 5.56 Å². The fourth-order valence-electron chi connectivity index (χ4n) is 1.55. The maximum absolute atomic E-state index is 12.7. The van der Waals surface area contributed by atoms with Crippen LogP contribution in [0.25, 0.3) is 0 Å². The smallest absolute Gasteiger partial charge is 0.389 e. The molecule has 1 fully saturated rings. The molecule has 0 saturated heterocycles. The van der Waals surface area contributed by atoms with E-state index in [4.69, 9.17) is 5.73 Å². The van der Waals surface area contributed by atoms with Gasteiger partial charge in [0.15, 0.2) is 0 Å². The van der Waals surface area contributed by atoms with Gasteiger partial charge in [-0.3, -0.25) is 0 Å². The average molecular weight is 260 g/mol. The minimum atomic E-state index is -4.43. The number of nitrogens with two attached hydrogens (primary N) is 1. The van der Waals surface area contributed by atoms with E-state index in [2.05, 4.69) is 17.5 Å². The van der Waals surface area contributed by atoms with Gasteiger partial charge in [-0.05, 0) is 31.0 Å². The molecule has 1 aromatic rings. The van der Waals surface area contributed by atoms with Gasteiger partial charge in [0.25, 0.3) is 0 Å². The highest BCUT2D eigenvalue weighted by molar-refractivity contribution is 7.80. The lowest BCUT2D eigenvalue weighted by atomic mass is 10.1. The molecule has 0 unspecified atom stereocenters. The number of rotatable bonds is 3. The first-order chi connectivity index (χ1) is 7.88. The van der Waals surface area contributed by atoms with Crippen molar-refractivity contribution in [3.8, 4) is 0 Å². The molecule has 0 aromatic heterocycles. The molecule has 0 heterocycles. The normalized spacial score (nSPS) is 15.7. The zero-order valence-electron chi connectivity index (χ0n) is 8.84. The zero-order valence-corrected chi connectivity index (χ0v) is 9.66. The van der Waals surface area contributed by atoms with Gasteiger partial charge in [-0.25, -0.2) is 0 Å². The van der Waals surface area contributed by atoms with Gasteiger partial charge in [-0.1, -0.05) is 12.2 Å². The molecule has 3 N–H and O–H groups in total. The lowest BCUT2D eigenvalue weighted by Crippen LogP contribution is -2.18. The molecule has 1 aliphatic rings. The molecule has 0 spiro atoms. The highest BCUT2D eigenvalue weighted by Crippen LogP contribution is 2.34. The molecule has 17 heavy (non-hydrogen) atoms. The Kier molecular flexibility index (Phi) is 2.99. The van der Waals surface area contributed by atoms with Crippen LogP contribution in [0, 0.1) is 0 Å². The Labute approximate surface area is 102 Å². The second-order valence-electron chi connectivity index (χ2n) is 4.04. The van der Waals surface area contributed by atoms with Crippen LogP contribution in [-0.2, 0) is 6.18 Å². The summed E-state index contributed by atoms with van der Waals surface area (Å²) in [6, 6.07) is 4.15. The second kappa shape index (κ2) is 4.18. The van der Waals surface area contributed by atoms with Crippen molar-refractivity contribution in [2.24, 2.45) is 5.73 Å². The number of benzene rings is 1. The van der Waals surface area contributed by atoms with Crippen LogP contribution in [-0.4, -0.2) is 11.0 Å². The minimum Gasteiger partial charge on any atom is -0.389 e. The van der Waals surface area contributed by atoms with Crippen molar-refractivity contribution >= 4 is 22.9 Å². The number of halogens is 3. The summed E-state index contributed by atoms with van der Waals surface area (Å²) in [4.78, 5) is -0.239. The van der Waals surface area contributed by atoms with E-state index in [1.807, 2.05) is 0 Å². The van der Waals surface area contributed by atoms with Gasteiger partial charge in [-0.15, -0.1) is 0 Å². The van der Waals surface area contributed by atoms with Crippen LogP contribution in [0.4, 0.5) is 18.9 Å². The third kappa shape index (κ3) is 2.88. The van der Waals surface area contributed by atoms with E-state index in [1.165, 1.54) is 12.1 Å². The molecule has 1 aromatic carbocycles. The van der Waals surface area contributed by atoms with Gasteiger partial charge in [0.2, 0.25) is 0 Å². The van der Waals surface area contributed by atoms with Crippen molar-refractivity contribution in [1.82, 2.24) is 0 Å². The standard InChI is InChI=1S/C11H11F3N2S/c12-11(13,14)9-4-3-7(16-6-1-2-6)5-8(9)10(15)17/h3-6,16H,1-2H2,(H2,15,17). The minimum absolute atomic E-state index is 0.127. The first-order valence-electron chi connectivity index (χ1n) is 5.15. The molecule has 2 nitrogen and oxygen atoms in total. The Hall–Kier alpha value is -1.30. The Morgan fingerprint density at radius 2 is 2.00 bits per heavy atom. The van der Waals surface area contributed by atoms with Crippen LogP contribution >= 0.6 is 12.2 Å². The van der Waals surface area contributed by atoms with E-state index < -0.39 is 11.7 Å². The van der Waals surface area contributed by atoms with Crippen LogP contribution in [0.5, 0.6) is 0 Å². The van der Waals surface area contributed by atoms with E-state index in [0.29, 0.717) is 11.7 Å². The number of nitrogens with one attached hydrogen (secondary N) is 1. The fraction of sp³-hybridized carbons (Fsp3) is 0.364. The summed E-state index contributed by atoms with van der Waals surface area (Å²) in [7, 11) is 0. The number of hydrogen-bond acceptors (Lipinski definition) is 2. The third-order valence-corrected chi connectivity index (χ3v) is 2.76. The molecular weight excluding hydrogens is 249 g/mol. The topological polar surface area (TPSA) is 38.0 Å². The predicted octanol–water partition coefficient (Wildman–Crippen LogP) is 2.91. The highest BCUT2D eigenvalue weighted by atomic mass is 32.1. The molecule has 0 radical (unpaired) electrons. The van der Waals surface area contributed by atoms with Gasteiger partial charge in [-0.2, -0.15) is 13.2 Å². The van der Waals surface area contributed by atoms with Gasteiger partial charge >= 0.3 is 6.18 Å². The average Bonchev–Trinajstić information content (AvgIpc) is 2.99. The molecule has 1 saturated carbocycles. The summed E-state index contributed by atoms with van der Waals surface area (Å²) in [5.41, 5.74) is 5.05. The maximum Gasteiger partial charge on any atom is 0.417 e. The van der Waals surface area contributed by atoms with Gasteiger partial charge < -0.3 is 11.1 Å². The quantitative estimate of drug-likeness (QED) is 0.821. The van der Waals surface area contributed by atoms with Crippen LogP contribution in [0.2, 0.25) is 0 Å². The van der Waals surface area contributed by atoms with Crippen molar-refractivity contribution in [2.45, 2.75) is 25.1 Å². The number of hydrogen-bond donors (Lipinski definition) is 2. The van der Waals surface area contributed by atoms with E-state index in [0.717, 1.165) is 18.9 Å². The Morgan fingerprint density at radius 3 is 2.47 bits per heavy atom. The fourth-order valence-corrected chi connectivity index (χ4v) is 1.72. The number of anilines is 1. The van der Waals surface area contributed by atoms with Crippen molar-refractivity contribution in [2.75, 3.05) is 5.32 Å². The summed E-state index contributed by atoms with van der Waals surface area (Å²) in [5.74, 6) is 0. The largest absolute Gasteiger partial charge is 0.417 e. The molecule has 0 aliphatic heterocycles. The van der Waals surface area contributed by atoms with Gasteiger partial charge in [0.1, 0.15) is 4.99 Å². The van der Waals surface area contributed by atoms with Crippen molar-refractivity contribution in [3.63, 3.8) is 0 Å². The monoisotopic (exact) mass is 260 g/mol. The van der Waals surface area contributed by atoms with Crippen molar-refractivity contribution < 1.29 is 13.2 Å². The molecule has 92 valence electrons. The van der Waals surface area contributed by atoms with Crippen LogP contribution < -0.4 is 11.1 Å². The number of thiocarbonyl (C=S) groups is 1. The molecule has 6 heteroatoms. The summed E-state index contributed by atoms with van der Waals surface area (Å²) in [6.45, 7) is 0. The third-order valence-electron chi connectivity index (χ3n) is 2.54. The lowest BCUT2D eigenvalue weighted by molar-refractivity contribution is -0.137. The summed E-state index contributed by atoms with van der Waals surface area (Å²) in [5, 5.41) is 3.11. The highest BCUT2D eigenvalue weighted by Gasteiger charge is 2.34. The predicted molar refractivity (Wildman–Crippen MR) is 64.0 cm³/mol. The Bertz CT molecular complexity index is 453. The first-order valence-corrected chi connectivity index (χ1v) is 5.56. The Balaban J connectivity index is 2.36. The molecule has 0 atom stereocenters. The summed E-state index contributed by atoms with van der Waals surface area (Å²) in [6.07, 6.45) is -2.34. The van der Waals surface area contributed by atoms with E-state index in [1.54, 1.807) is 0 Å². The zero-order chi connectivity index (χ0) is 12.6. The molecule has 1 aliphatic carbocycles. The van der Waals surface area contributed by atoms with Crippen LogP contribution in [0.1, 0.15) is 24.0 Å². The maximum atomic E-state index is 12.7. The Morgan fingerprint density at radius 1 is 1.35 bits per heavy atom. The SMILES string of the molecule is NC(=S)c1cc(NC2CC2)ccc1C(F)(F)F. The van der Waals surface area contributed by atoms with E-state index >= 15 is 0 Å². The molecule has 0 amide bonds.